The fraction of sp³-hybridized carbons (Fsp3) is 0.414. The normalized spacial score (nSPS) is 20.8. The van der Waals surface area contributed by atoms with Gasteiger partial charge in [-0.15, -0.1) is 0 Å². The lowest BCUT2D eigenvalue weighted by Crippen LogP contribution is -2.34. The number of benzene rings is 1. The molecule has 2 aromatic heterocycles. The molecule has 2 N–H and O–H groups in total. The van der Waals surface area contributed by atoms with Crippen LogP contribution in [0.25, 0.3) is 10.9 Å². The van der Waals surface area contributed by atoms with Gasteiger partial charge in [0.25, 0.3) is 0 Å². The molecule has 6 nitrogen and oxygen atoms in total. The van der Waals surface area contributed by atoms with Gasteiger partial charge in [-0.25, -0.2) is 9.97 Å². The van der Waals surface area contributed by atoms with E-state index in [0.717, 1.165) is 65.4 Å². The van der Waals surface area contributed by atoms with E-state index < -0.39 is 5.92 Å². The number of nitrogens with zero attached hydrogens (tertiary/aromatic N) is 2. The summed E-state index contributed by atoms with van der Waals surface area (Å²) in [4.78, 5) is 23.4. The predicted octanol–water partition coefficient (Wildman–Crippen LogP) is 6.31. The third-order valence-electron chi connectivity index (χ3n) is 7.76. The Balaban J connectivity index is 1.62. The second-order valence-corrected chi connectivity index (χ2v) is 11.3. The number of carbonyl (C=O) groups excluding carboxylic acids is 1. The van der Waals surface area contributed by atoms with Gasteiger partial charge < -0.3 is 15.2 Å². The van der Waals surface area contributed by atoms with Gasteiger partial charge in [0, 0.05) is 46.8 Å². The molecule has 0 saturated carbocycles. The standard InChI is InChI=1S/C29H30ClN3O3/c1-29(2)13-21(34)24-22(14-29)36-28-25(26(31)17-7-5-4-6-8-19(17)33-28)23(24)18-11-15-9-10-16(35-3)12-20(15)32-27(18)30/h9-12,23H,4-8,13-14H2,1-3H3,(H2,31,33). The van der Waals surface area contributed by atoms with Crippen LogP contribution in [0.4, 0.5) is 5.69 Å². The van der Waals surface area contributed by atoms with Crippen LogP contribution in [-0.4, -0.2) is 22.9 Å². The van der Waals surface area contributed by atoms with E-state index in [1.165, 1.54) is 0 Å². The number of aromatic nitrogens is 2. The van der Waals surface area contributed by atoms with Crippen molar-refractivity contribution in [2.24, 2.45) is 5.41 Å². The van der Waals surface area contributed by atoms with Crippen LogP contribution in [0, 0.1) is 5.41 Å². The molecule has 36 heavy (non-hydrogen) atoms. The van der Waals surface area contributed by atoms with Crippen LogP contribution in [0.15, 0.2) is 35.6 Å². The van der Waals surface area contributed by atoms with E-state index in [1.807, 2.05) is 24.3 Å². The highest BCUT2D eigenvalue weighted by atomic mass is 35.5. The van der Waals surface area contributed by atoms with Crippen molar-refractivity contribution in [3.63, 3.8) is 0 Å². The Hall–Kier alpha value is -3.12. The first-order valence-corrected chi connectivity index (χ1v) is 13.0. The van der Waals surface area contributed by atoms with Crippen molar-refractivity contribution in [3.05, 3.63) is 63.1 Å². The summed E-state index contributed by atoms with van der Waals surface area (Å²) in [6, 6.07) is 7.74. The minimum atomic E-state index is -0.472. The van der Waals surface area contributed by atoms with E-state index >= 15 is 0 Å². The monoisotopic (exact) mass is 503 g/mol. The lowest BCUT2D eigenvalue weighted by Gasteiger charge is -2.38. The molecule has 0 fully saturated rings. The third kappa shape index (κ3) is 3.74. The van der Waals surface area contributed by atoms with Crippen molar-refractivity contribution < 1.29 is 14.3 Å². The minimum absolute atomic E-state index is 0.0668. The summed E-state index contributed by atoms with van der Waals surface area (Å²) < 4.78 is 11.8. The minimum Gasteiger partial charge on any atom is -0.497 e. The number of allylic oxidation sites excluding steroid dienone is 2. The zero-order valence-electron chi connectivity index (χ0n) is 20.9. The van der Waals surface area contributed by atoms with Crippen LogP contribution >= 0.6 is 11.6 Å². The molecule has 3 heterocycles. The number of anilines is 1. The second-order valence-electron chi connectivity index (χ2n) is 11.0. The van der Waals surface area contributed by atoms with Crippen molar-refractivity contribution in [2.75, 3.05) is 12.8 Å². The Bertz CT molecular complexity index is 1460. The summed E-state index contributed by atoms with van der Waals surface area (Å²) in [5, 5.41) is 1.25. The predicted molar refractivity (Wildman–Crippen MR) is 141 cm³/mol. The molecule has 1 unspecified atom stereocenters. The molecule has 0 spiro atoms. The van der Waals surface area contributed by atoms with Crippen LogP contribution in [0.3, 0.4) is 0 Å². The number of halogens is 1. The molecule has 0 amide bonds. The van der Waals surface area contributed by atoms with Gasteiger partial charge in [0.1, 0.15) is 16.7 Å². The Kier molecular flexibility index (Phi) is 5.48. The lowest BCUT2D eigenvalue weighted by molar-refractivity contribution is -0.118. The Morgan fingerprint density at radius 3 is 2.72 bits per heavy atom. The fourth-order valence-electron chi connectivity index (χ4n) is 6.03. The molecule has 3 aliphatic rings. The van der Waals surface area contributed by atoms with Gasteiger partial charge in [0.15, 0.2) is 5.78 Å². The smallest absolute Gasteiger partial charge is 0.225 e. The number of pyridine rings is 2. The van der Waals surface area contributed by atoms with Crippen LogP contribution in [0.1, 0.15) is 74.3 Å². The number of hydrogen-bond donors (Lipinski definition) is 1. The summed E-state index contributed by atoms with van der Waals surface area (Å²) in [6.45, 7) is 4.19. The molecule has 2 aliphatic carbocycles. The largest absolute Gasteiger partial charge is 0.497 e. The molecule has 186 valence electrons. The van der Waals surface area contributed by atoms with E-state index in [1.54, 1.807) is 7.11 Å². The molecule has 0 radical (unpaired) electrons. The first-order chi connectivity index (χ1) is 17.3. The molecule has 0 bridgehead atoms. The summed E-state index contributed by atoms with van der Waals surface area (Å²) in [7, 11) is 1.62. The van der Waals surface area contributed by atoms with Gasteiger partial charge in [0.05, 0.1) is 24.1 Å². The molecule has 7 heteroatoms. The van der Waals surface area contributed by atoms with Gasteiger partial charge in [-0.05, 0) is 54.9 Å². The van der Waals surface area contributed by atoms with Crippen LogP contribution in [0.5, 0.6) is 11.6 Å². The number of Topliss-reactive ketones (excluding diaryl/α,β-unsaturated/α-hetero) is 1. The number of fused-ring (bicyclic) bond motifs is 3. The van der Waals surface area contributed by atoms with Gasteiger partial charge in [-0.3, -0.25) is 4.79 Å². The Labute approximate surface area is 215 Å². The number of methoxy groups -OCH3 is 1. The summed E-state index contributed by atoms with van der Waals surface area (Å²) in [5.41, 5.74) is 12.4. The van der Waals surface area contributed by atoms with E-state index in [0.29, 0.717) is 46.6 Å². The number of ketones is 1. The van der Waals surface area contributed by atoms with Crippen LogP contribution < -0.4 is 15.2 Å². The quantitative estimate of drug-likeness (QED) is 0.325. The van der Waals surface area contributed by atoms with Gasteiger partial charge in [0.2, 0.25) is 5.88 Å². The zero-order chi connectivity index (χ0) is 25.2. The van der Waals surface area contributed by atoms with E-state index in [9.17, 15) is 4.79 Å². The van der Waals surface area contributed by atoms with Crippen LogP contribution in [0.2, 0.25) is 5.15 Å². The number of aryl methyl sites for hydroxylation is 1. The Morgan fingerprint density at radius 2 is 1.92 bits per heavy atom. The maximum atomic E-state index is 13.7. The molecule has 0 saturated heterocycles. The maximum absolute atomic E-state index is 13.7. The van der Waals surface area contributed by atoms with Gasteiger partial charge in [-0.2, -0.15) is 0 Å². The average molecular weight is 504 g/mol. The Morgan fingerprint density at radius 1 is 1.11 bits per heavy atom. The highest BCUT2D eigenvalue weighted by Gasteiger charge is 2.45. The lowest BCUT2D eigenvalue weighted by atomic mass is 9.70. The molecule has 1 aromatic carbocycles. The number of hydrogen-bond acceptors (Lipinski definition) is 6. The molecule has 3 aromatic rings. The summed E-state index contributed by atoms with van der Waals surface area (Å²) >= 11 is 6.87. The third-order valence-corrected chi connectivity index (χ3v) is 8.07. The molecule has 6 rings (SSSR count). The van der Waals surface area contributed by atoms with Crippen molar-refractivity contribution in [1.82, 2.24) is 9.97 Å². The topological polar surface area (TPSA) is 87.3 Å². The van der Waals surface area contributed by atoms with Crippen molar-refractivity contribution in [2.45, 2.75) is 64.7 Å². The number of ether oxygens (including phenoxy) is 2. The number of nitrogen functional groups attached to an aromatic ring is 1. The van der Waals surface area contributed by atoms with Crippen molar-refractivity contribution in [1.29, 1.82) is 0 Å². The van der Waals surface area contributed by atoms with E-state index in [-0.39, 0.29) is 11.2 Å². The summed E-state index contributed by atoms with van der Waals surface area (Å²) in [6.07, 6.45) is 6.17. The fourth-order valence-corrected chi connectivity index (χ4v) is 6.28. The van der Waals surface area contributed by atoms with E-state index in [4.69, 9.17) is 36.8 Å². The number of carbonyl (C=O) groups is 1. The SMILES string of the molecule is COc1ccc2cc(C3C4=C(CC(C)(C)CC4=O)Oc4nc5c(c(N)c43)CCCCC5)c(Cl)nc2c1. The average Bonchev–Trinajstić information content (AvgIpc) is 3.07. The van der Waals surface area contributed by atoms with Gasteiger partial charge in [-0.1, -0.05) is 31.9 Å². The van der Waals surface area contributed by atoms with Gasteiger partial charge >= 0.3 is 0 Å². The highest BCUT2D eigenvalue weighted by molar-refractivity contribution is 6.31. The second kappa shape index (κ2) is 8.48. The number of rotatable bonds is 2. The van der Waals surface area contributed by atoms with E-state index in [2.05, 4.69) is 13.8 Å². The first-order valence-electron chi connectivity index (χ1n) is 12.6. The molecular weight excluding hydrogens is 474 g/mol. The maximum Gasteiger partial charge on any atom is 0.225 e. The van der Waals surface area contributed by atoms with Crippen LogP contribution in [-0.2, 0) is 17.6 Å². The first kappa shape index (κ1) is 23.3. The molecular formula is C29H30ClN3O3. The van der Waals surface area contributed by atoms with Crippen molar-refractivity contribution >= 4 is 34.0 Å². The highest BCUT2D eigenvalue weighted by Crippen LogP contribution is 2.53. The van der Waals surface area contributed by atoms with Crippen molar-refractivity contribution in [3.8, 4) is 11.6 Å². The zero-order valence-corrected chi connectivity index (χ0v) is 21.7. The summed E-state index contributed by atoms with van der Waals surface area (Å²) in [5.74, 6) is 1.49. The molecule has 1 atom stereocenters. The number of nitrogens with two attached hydrogens (primary N) is 1. The molecule has 1 aliphatic heterocycles.